The summed E-state index contributed by atoms with van der Waals surface area (Å²) < 4.78 is 12.9. The standard InChI is InChI=1S/C18H23FN4O/c19-16-6-4-15(5-7-16)17(24)3-1-10-22-11-13-23(14-12-22)18-20-8-2-9-21-18/h2,4-9,17,24H,1,3,10-14H2/t17-/m1/s1. The highest BCUT2D eigenvalue weighted by atomic mass is 19.1. The number of anilines is 1. The molecular formula is C18H23FN4O. The van der Waals surface area contributed by atoms with Crippen LogP contribution in [0.3, 0.4) is 0 Å². The van der Waals surface area contributed by atoms with E-state index in [0.717, 1.165) is 50.7 Å². The summed E-state index contributed by atoms with van der Waals surface area (Å²) in [5.41, 5.74) is 0.780. The van der Waals surface area contributed by atoms with Crippen molar-refractivity contribution >= 4 is 5.95 Å². The average Bonchev–Trinajstić information content (AvgIpc) is 2.63. The zero-order valence-corrected chi connectivity index (χ0v) is 13.7. The van der Waals surface area contributed by atoms with Gasteiger partial charge in [0.25, 0.3) is 0 Å². The Morgan fingerprint density at radius 1 is 1.04 bits per heavy atom. The van der Waals surface area contributed by atoms with Gasteiger partial charge in [-0.15, -0.1) is 0 Å². The van der Waals surface area contributed by atoms with E-state index in [-0.39, 0.29) is 5.82 Å². The second-order valence-electron chi connectivity index (χ2n) is 6.09. The topological polar surface area (TPSA) is 52.5 Å². The number of hydrogen-bond acceptors (Lipinski definition) is 5. The van der Waals surface area contributed by atoms with Gasteiger partial charge in [-0.25, -0.2) is 14.4 Å². The van der Waals surface area contributed by atoms with Crippen LogP contribution in [-0.2, 0) is 0 Å². The molecule has 2 heterocycles. The van der Waals surface area contributed by atoms with Gasteiger partial charge in [-0.2, -0.15) is 0 Å². The Hall–Kier alpha value is -2.05. The summed E-state index contributed by atoms with van der Waals surface area (Å²) in [7, 11) is 0. The van der Waals surface area contributed by atoms with Gasteiger partial charge in [0.05, 0.1) is 6.10 Å². The third kappa shape index (κ3) is 4.49. The Morgan fingerprint density at radius 2 is 1.71 bits per heavy atom. The van der Waals surface area contributed by atoms with Gasteiger partial charge in [0, 0.05) is 38.6 Å². The SMILES string of the molecule is O[C@H](CCCN1CCN(c2ncccn2)CC1)c1ccc(F)cc1. The zero-order valence-electron chi connectivity index (χ0n) is 13.7. The summed E-state index contributed by atoms with van der Waals surface area (Å²) in [5, 5.41) is 10.2. The molecule has 1 aromatic heterocycles. The van der Waals surface area contributed by atoms with Gasteiger partial charge in [0.2, 0.25) is 5.95 Å². The van der Waals surface area contributed by atoms with Crippen molar-refractivity contribution in [3.8, 4) is 0 Å². The fourth-order valence-electron chi connectivity index (χ4n) is 2.99. The molecule has 1 fully saturated rings. The molecule has 1 aromatic carbocycles. The van der Waals surface area contributed by atoms with Gasteiger partial charge in [0.1, 0.15) is 5.82 Å². The van der Waals surface area contributed by atoms with E-state index >= 15 is 0 Å². The largest absolute Gasteiger partial charge is 0.388 e. The van der Waals surface area contributed by atoms with Crippen molar-refractivity contribution in [1.82, 2.24) is 14.9 Å². The molecule has 0 spiro atoms. The minimum Gasteiger partial charge on any atom is -0.388 e. The number of benzene rings is 1. The Morgan fingerprint density at radius 3 is 2.38 bits per heavy atom. The molecule has 0 amide bonds. The zero-order chi connectivity index (χ0) is 16.8. The molecule has 6 heteroatoms. The highest BCUT2D eigenvalue weighted by molar-refractivity contribution is 5.29. The number of aliphatic hydroxyl groups excluding tert-OH is 1. The Bertz CT molecular complexity index is 615. The molecule has 0 radical (unpaired) electrons. The van der Waals surface area contributed by atoms with Gasteiger partial charge in [-0.05, 0) is 43.1 Å². The number of nitrogens with zero attached hydrogens (tertiary/aromatic N) is 4. The van der Waals surface area contributed by atoms with E-state index in [2.05, 4.69) is 19.8 Å². The second kappa shape index (κ2) is 8.17. The first-order chi connectivity index (χ1) is 11.7. The fourth-order valence-corrected chi connectivity index (χ4v) is 2.99. The Kier molecular flexibility index (Phi) is 5.72. The minimum absolute atomic E-state index is 0.272. The van der Waals surface area contributed by atoms with Gasteiger partial charge in [-0.1, -0.05) is 12.1 Å². The first-order valence-electron chi connectivity index (χ1n) is 8.40. The van der Waals surface area contributed by atoms with Crippen LogP contribution in [0.2, 0.25) is 0 Å². The summed E-state index contributed by atoms with van der Waals surface area (Å²) in [6, 6.07) is 7.91. The lowest BCUT2D eigenvalue weighted by atomic mass is 10.0. The molecule has 24 heavy (non-hydrogen) atoms. The van der Waals surface area contributed by atoms with Crippen molar-refractivity contribution < 1.29 is 9.50 Å². The normalized spacial score (nSPS) is 17.0. The van der Waals surface area contributed by atoms with Gasteiger partial charge < -0.3 is 10.0 Å². The maximum absolute atomic E-state index is 12.9. The van der Waals surface area contributed by atoms with Crippen LogP contribution >= 0.6 is 0 Å². The van der Waals surface area contributed by atoms with Gasteiger partial charge >= 0.3 is 0 Å². The lowest BCUT2D eigenvalue weighted by Gasteiger charge is -2.34. The summed E-state index contributed by atoms with van der Waals surface area (Å²) in [6.07, 6.45) is 4.62. The van der Waals surface area contributed by atoms with E-state index < -0.39 is 6.10 Å². The number of piperazine rings is 1. The lowest BCUT2D eigenvalue weighted by molar-refractivity contribution is 0.154. The summed E-state index contributed by atoms with van der Waals surface area (Å²) >= 11 is 0. The minimum atomic E-state index is -0.524. The average molecular weight is 330 g/mol. The molecule has 0 aliphatic carbocycles. The second-order valence-corrected chi connectivity index (χ2v) is 6.09. The number of aliphatic hydroxyl groups is 1. The predicted octanol–water partition coefficient (Wildman–Crippen LogP) is 2.25. The van der Waals surface area contributed by atoms with Crippen molar-refractivity contribution in [3.63, 3.8) is 0 Å². The first kappa shape index (κ1) is 16.8. The van der Waals surface area contributed by atoms with Crippen LogP contribution in [-0.4, -0.2) is 52.7 Å². The van der Waals surface area contributed by atoms with E-state index in [4.69, 9.17) is 0 Å². The van der Waals surface area contributed by atoms with Crippen LogP contribution in [0.5, 0.6) is 0 Å². The van der Waals surface area contributed by atoms with E-state index in [1.807, 2.05) is 6.07 Å². The number of rotatable bonds is 6. The van der Waals surface area contributed by atoms with Crippen LogP contribution in [0.25, 0.3) is 0 Å². The van der Waals surface area contributed by atoms with Crippen molar-refractivity contribution in [2.45, 2.75) is 18.9 Å². The van der Waals surface area contributed by atoms with Crippen LogP contribution in [0, 0.1) is 5.82 Å². The molecule has 3 rings (SSSR count). The number of hydrogen-bond donors (Lipinski definition) is 1. The summed E-state index contributed by atoms with van der Waals surface area (Å²) in [5.74, 6) is 0.523. The first-order valence-corrected chi connectivity index (χ1v) is 8.40. The predicted molar refractivity (Wildman–Crippen MR) is 91.3 cm³/mol. The van der Waals surface area contributed by atoms with E-state index in [9.17, 15) is 9.50 Å². The third-order valence-electron chi connectivity index (χ3n) is 4.41. The van der Waals surface area contributed by atoms with Crippen molar-refractivity contribution in [2.24, 2.45) is 0 Å². The van der Waals surface area contributed by atoms with E-state index in [0.29, 0.717) is 6.42 Å². The van der Waals surface area contributed by atoms with Crippen LogP contribution < -0.4 is 4.90 Å². The maximum atomic E-state index is 12.9. The molecule has 1 aliphatic rings. The highest BCUT2D eigenvalue weighted by Gasteiger charge is 2.18. The molecule has 1 saturated heterocycles. The number of aromatic nitrogens is 2. The Labute approximate surface area is 141 Å². The maximum Gasteiger partial charge on any atom is 0.225 e. The molecule has 0 unspecified atom stereocenters. The molecule has 5 nitrogen and oxygen atoms in total. The molecule has 0 bridgehead atoms. The van der Waals surface area contributed by atoms with Crippen molar-refractivity contribution in [1.29, 1.82) is 0 Å². The summed E-state index contributed by atoms with van der Waals surface area (Å²) in [6.45, 7) is 4.76. The van der Waals surface area contributed by atoms with Crippen LogP contribution in [0.4, 0.5) is 10.3 Å². The number of halogens is 1. The monoisotopic (exact) mass is 330 g/mol. The van der Waals surface area contributed by atoms with E-state index in [1.165, 1.54) is 12.1 Å². The fraction of sp³-hybridized carbons (Fsp3) is 0.444. The Balaban J connectivity index is 1.38. The smallest absolute Gasteiger partial charge is 0.225 e. The quantitative estimate of drug-likeness (QED) is 0.880. The summed E-state index contributed by atoms with van der Waals surface area (Å²) in [4.78, 5) is 13.2. The molecule has 1 N–H and O–H groups in total. The molecule has 2 aromatic rings. The van der Waals surface area contributed by atoms with Crippen LogP contribution in [0.15, 0.2) is 42.7 Å². The van der Waals surface area contributed by atoms with Gasteiger partial charge in [0.15, 0.2) is 0 Å². The third-order valence-corrected chi connectivity index (χ3v) is 4.41. The lowest BCUT2D eigenvalue weighted by Crippen LogP contribution is -2.47. The molecule has 128 valence electrons. The molecular weight excluding hydrogens is 307 g/mol. The highest BCUT2D eigenvalue weighted by Crippen LogP contribution is 2.19. The van der Waals surface area contributed by atoms with Crippen molar-refractivity contribution in [2.75, 3.05) is 37.6 Å². The van der Waals surface area contributed by atoms with Crippen LogP contribution in [0.1, 0.15) is 24.5 Å². The molecule has 0 saturated carbocycles. The molecule has 1 aliphatic heterocycles. The van der Waals surface area contributed by atoms with Gasteiger partial charge in [-0.3, -0.25) is 4.90 Å². The van der Waals surface area contributed by atoms with E-state index in [1.54, 1.807) is 24.5 Å². The van der Waals surface area contributed by atoms with Crippen molar-refractivity contribution in [3.05, 3.63) is 54.1 Å². The molecule has 1 atom stereocenters.